The summed E-state index contributed by atoms with van der Waals surface area (Å²) in [7, 11) is 1.44. The minimum Gasteiger partial charge on any atom is -0.493 e. The number of aromatic nitrogens is 1. The molecule has 0 radical (unpaired) electrons. The number of ether oxygens (including phenoxy) is 3. The molecule has 0 bridgehead atoms. The second kappa shape index (κ2) is 7.54. The quantitative estimate of drug-likeness (QED) is 0.423. The molecule has 0 fully saturated rings. The van der Waals surface area contributed by atoms with Crippen LogP contribution in [0.2, 0.25) is 0 Å². The van der Waals surface area contributed by atoms with Gasteiger partial charge >= 0.3 is 6.18 Å². The van der Waals surface area contributed by atoms with Crippen molar-refractivity contribution < 1.29 is 32.2 Å². The first kappa shape index (κ1) is 20.3. The molecule has 1 aromatic carbocycles. The number of hydrogen-bond acceptors (Lipinski definition) is 5. The third-order valence-electron chi connectivity index (χ3n) is 4.51. The van der Waals surface area contributed by atoms with E-state index in [1.54, 1.807) is 12.1 Å². The third kappa shape index (κ3) is 4.06. The van der Waals surface area contributed by atoms with Gasteiger partial charge in [-0.3, -0.25) is 4.79 Å². The monoisotopic (exact) mass is 406 g/mol. The highest BCUT2D eigenvalue weighted by atomic mass is 19.4. The summed E-state index contributed by atoms with van der Waals surface area (Å²) in [4.78, 5) is 12.8. The van der Waals surface area contributed by atoms with Crippen molar-refractivity contribution in [2.45, 2.75) is 26.6 Å². The number of aryl methyl sites for hydroxylation is 1. The lowest BCUT2D eigenvalue weighted by Gasteiger charge is -2.12. The Morgan fingerprint density at radius 3 is 2.66 bits per heavy atom. The van der Waals surface area contributed by atoms with Crippen LogP contribution in [0.1, 0.15) is 27.3 Å². The number of rotatable bonds is 5. The van der Waals surface area contributed by atoms with Crippen LogP contribution in [0, 0.1) is 25.2 Å². The number of benzene rings is 1. The molecule has 2 aromatic rings. The molecule has 0 spiro atoms. The second-order valence-electron chi connectivity index (χ2n) is 6.44. The number of alkyl halides is 3. The third-order valence-corrected chi connectivity index (χ3v) is 4.51. The zero-order chi connectivity index (χ0) is 21.3. The molecule has 1 aliphatic heterocycles. The van der Waals surface area contributed by atoms with E-state index in [-0.39, 0.29) is 29.3 Å². The van der Waals surface area contributed by atoms with Crippen molar-refractivity contribution in [1.82, 2.24) is 4.57 Å². The van der Waals surface area contributed by atoms with Crippen molar-refractivity contribution in [1.29, 1.82) is 5.26 Å². The molecule has 3 rings (SSSR count). The van der Waals surface area contributed by atoms with Crippen molar-refractivity contribution >= 4 is 11.9 Å². The fourth-order valence-electron chi connectivity index (χ4n) is 3.15. The summed E-state index contributed by atoms with van der Waals surface area (Å²) in [5, 5.41) is 9.48. The van der Waals surface area contributed by atoms with Crippen LogP contribution in [0.5, 0.6) is 17.2 Å². The molecule has 1 aliphatic rings. The molecular weight excluding hydrogens is 389 g/mol. The molecule has 0 amide bonds. The average Bonchev–Trinajstić information content (AvgIpc) is 3.23. The molecule has 152 valence electrons. The first-order valence-electron chi connectivity index (χ1n) is 8.52. The van der Waals surface area contributed by atoms with Crippen molar-refractivity contribution in [3.05, 3.63) is 46.3 Å². The van der Waals surface area contributed by atoms with E-state index in [1.165, 1.54) is 33.1 Å². The van der Waals surface area contributed by atoms with E-state index in [9.17, 15) is 23.2 Å². The number of fused-ring (bicyclic) bond motifs is 1. The predicted octanol–water partition coefficient (Wildman–Crippen LogP) is 4.19. The summed E-state index contributed by atoms with van der Waals surface area (Å²) in [6.07, 6.45) is -3.09. The molecule has 2 heterocycles. The molecule has 1 aromatic heterocycles. The van der Waals surface area contributed by atoms with E-state index in [2.05, 4.69) is 0 Å². The van der Waals surface area contributed by atoms with E-state index in [1.807, 2.05) is 6.07 Å². The number of carbonyl (C=O) groups is 1. The van der Waals surface area contributed by atoms with E-state index in [0.717, 1.165) is 4.57 Å². The number of nitriles is 1. The summed E-state index contributed by atoms with van der Waals surface area (Å²) in [6, 6.07) is 6.34. The molecule has 0 saturated heterocycles. The molecule has 0 aliphatic carbocycles. The molecular formula is C20H17F3N2O4. The minimum atomic E-state index is -4.42. The Morgan fingerprint density at radius 1 is 1.31 bits per heavy atom. The van der Waals surface area contributed by atoms with Gasteiger partial charge in [0, 0.05) is 17.0 Å². The molecule has 0 N–H and O–H groups in total. The number of carbonyl (C=O) groups excluding carboxylic acids is 1. The fraction of sp³-hybridized carbons (Fsp3) is 0.300. The number of Topliss-reactive ketones (excluding diaryl/α,β-unsaturated/α-hetero) is 1. The standard InChI is InChI=1S/C20H17F3N2O4/c1-11-4-15(12(2)25(11)9-20(21,22)23)18(26)14(8-24)5-13-6-16(27-3)19-17(7-13)28-10-29-19/h4-7H,9-10H2,1-3H3/b14-5-. The maximum atomic E-state index is 12.8. The Kier molecular flexibility index (Phi) is 5.29. The maximum Gasteiger partial charge on any atom is 0.406 e. The van der Waals surface area contributed by atoms with Crippen LogP contribution in [0.4, 0.5) is 13.2 Å². The van der Waals surface area contributed by atoms with E-state index in [0.29, 0.717) is 22.8 Å². The smallest absolute Gasteiger partial charge is 0.406 e. The summed E-state index contributed by atoms with van der Waals surface area (Å²) in [5.41, 5.74) is 0.713. The van der Waals surface area contributed by atoms with Gasteiger partial charge in [0.25, 0.3) is 0 Å². The Morgan fingerprint density at radius 2 is 2.03 bits per heavy atom. The average molecular weight is 406 g/mol. The van der Waals surface area contributed by atoms with Gasteiger partial charge in [0.2, 0.25) is 18.3 Å². The van der Waals surface area contributed by atoms with E-state index in [4.69, 9.17) is 14.2 Å². The van der Waals surface area contributed by atoms with Gasteiger partial charge in [-0.2, -0.15) is 18.4 Å². The largest absolute Gasteiger partial charge is 0.493 e. The Hall–Kier alpha value is -3.41. The van der Waals surface area contributed by atoms with Crippen LogP contribution in [0.3, 0.4) is 0 Å². The molecule has 9 heteroatoms. The summed E-state index contributed by atoms with van der Waals surface area (Å²) in [6.45, 7) is 1.72. The van der Waals surface area contributed by atoms with Crippen LogP contribution in [0.25, 0.3) is 6.08 Å². The Bertz CT molecular complexity index is 1050. The summed E-state index contributed by atoms with van der Waals surface area (Å²) in [5.74, 6) is 0.541. The molecule has 0 unspecified atom stereocenters. The van der Waals surface area contributed by atoms with E-state index >= 15 is 0 Å². The van der Waals surface area contributed by atoms with Gasteiger partial charge in [0.1, 0.15) is 18.2 Å². The number of allylic oxidation sites excluding steroid dienone is 1. The first-order valence-corrected chi connectivity index (χ1v) is 8.52. The number of ketones is 1. The van der Waals surface area contributed by atoms with Crippen LogP contribution in [0.15, 0.2) is 23.8 Å². The fourth-order valence-corrected chi connectivity index (χ4v) is 3.15. The van der Waals surface area contributed by atoms with Gasteiger partial charge in [-0.25, -0.2) is 0 Å². The van der Waals surface area contributed by atoms with Gasteiger partial charge in [-0.1, -0.05) is 0 Å². The number of hydrogen-bond donors (Lipinski definition) is 0. The molecule has 6 nitrogen and oxygen atoms in total. The van der Waals surface area contributed by atoms with E-state index < -0.39 is 18.5 Å². The molecule has 0 atom stereocenters. The lowest BCUT2D eigenvalue weighted by molar-refractivity contribution is -0.141. The van der Waals surface area contributed by atoms with Crippen LogP contribution in [-0.4, -0.2) is 30.4 Å². The topological polar surface area (TPSA) is 73.5 Å². The van der Waals surface area contributed by atoms with Gasteiger partial charge in [0.05, 0.1) is 7.11 Å². The lowest BCUT2D eigenvalue weighted by Crippen LogP contribution is -2.19. The van der Waals surface area contributed by atoms with Crippen LogP contribution < -0.4 is 14.2 Å². The maximum absolute atomic E-state index is 12.8. The highest BCUT2D eigenvalue weighted by molar-refractivity contribution is 6.14. The first-order chi connectivity index (χ1) is 13.6. The Balaban J connectivity index is 1.99. The second-order valence-corrected chi connectivity index (χ2v) is 6.44. The zero-order valence-corrected chi connectivity index (χ0v) is 15.9. The lowest BCUT2D eigenvalue weighted by atomic mass is 10.0. The number of nitrogens with zero attached hydrogens (tertiary/aromatic N) is 2. The van der Waals surface area contributed by atoms with Gasteiger partial charge in [-0.05, 0) is 43.7 Å². The number of halogens is 3. The summed E-state index contributed by atoms with van der Waals surface area (Å²) < 4.78 is 55.3. The SMILES string of the molecule is COc1cc(/C=C(/C#N)C(=O)c2cc(C)n(CC(F)(F)F)c2C)cc2c1OCO2. The predicted molar refractivity (Wildman–Crippen MR) is 97.0 cm³/mol. The molecule has 0 saturated carbocycles. The normalized spacial score (nSPS) is 13.3. The Labute approximate surface area is 164 Å². The van der Waals surface area contributed by atoms with Crippen molar-refractivity contribution in [2.75, 3.05) is 13.9 Å². The van der Waals surface area contributed by atoms with Gasteiger partial charge in [-0.15, -0.1) is 0 Å². The van der Waals surface area contributed by atoms with Crippen LogP contribution in [-0.2, 0) is 6.54 Å². The van der Waals surface area contributed by atoms with Gasteiger partial charge < -0.3 is 18.8 Å². The van der Waals surface area contributed by atoms with Crippen molar-refractivity contribution in [3.63, 3.8) is 0 Å². The molecule has 29 heavy (non-hydrogen) atoms. The van der Waals surface area contributed by atoms with Crippen LogP contribution >= 0.6 is 0 Å². The van der Waals surface area contributed by atoms with Gasteiger partial charge in [0.15, 0.2) is 11.5 Å². The summed E-state index contributed by atoms with van der Waals surface area (Å²) >= 11 is 0. The highest BCUT2D eigenvalue weighted by Gasteiger charge is 2.31. The van der Waals surface area contributed by atoms with Crippen molar-refractivity contribution in [3.8, 4) is 23.3 Å². The van der Waals surface area contributed by atoms with Crippen molar-refractivity contribution in [2.24, 2.45) is 0 Å². The number of methoxy groups -OCH3 is 1. The highest BCUT2D eigenvalue weighted by Crippen LogP contribution is 2.42. The zero-order valence-electron chi connectivity index (χ0n) is 15.9. The minimum absolute atomic E-state index is 0.0219.